The molecule has 0 bridgehead atoms. The van der Waals surface area contributed by atoms with E-state index in [1.54, 1.807) is 0 Å². The second-order valence-electron chi connectivity index (χ2n) is 7.19. The van der Waals surface area contributed by atoms with Gasteiger partial charge in [0.1, 0.15) is 6.04 Å². The van der Waals surface area contributed by atoms with E-state index in [9.17, 15) is 13.2 Å². The summed E-state index contributed by atoms with van der Waals surface area (Å²) >= 11 is 13.4. The molecular formula is C20H19Cl2N3O3S2. The maximum Gasteiger partial charge on any atom is 0.266 e. The third-order valence-corrected chi connectivity index (χ3v) is 8.64. The normalized spacial score (nSPS) is 18.4. The number of halogens is 2. The molecule has 1 aliphatic rings. The molecule has 1 fully saturated rings. The smallest absolute Gasteiger partial charge is 0.266 e. The van der Waals surface area contributed by atoms with E-state index < -0.39 is 22.0 Å². The van der Waals surface area contributed by atoms with Gasteiger partial charge in [-0.05, 0) is 61.7 Å². The standard InChI is InChI=1S/C20H19Cl2N3O3S2/c1-12-10-14(22)11-17-18(12)24(2)20(29-17)23-19(26)16-4-3-9-25(16)30(27,28)15-7-5-13(21)6-8-15/h5-8,10-11,16H,3-4,9H2,1-2H3. The van der Waals surface area contributed by atoms with Gasteiger partial charge in [0.25, 0.3) is 5.91 Å². The highest BCUT2D eigenvalue weighted by atomic mass is 35.5. The van der Waals surface area contributed by atoms with Crippen LogP contribution in [0.2, 0.25) is 10.0 Å². The molecule has 6 nitrogen and oxygen atoms in total. The largest absolute Gasteiger partial charge is 0.319 e. The number of fused-ring (bicyclic) bond motifs is 1. The molecule has 10 heteroatoms. The van der Waals surface area contributed by atoms with Crippen LogP contribution in [0.25, 0.3) is 10.2 Å². The summed E-state index contributed by atoms with van der Waals surface area (Å²) in [5.74, 6) is -0.462. The molecular weight excluding hydrogens is 465 g/mol. The molecule has 0 radical (unpaired) electrons. The van der Waals surface area contributed by atoms with Crippen LogP contribution in [-0.2, 0) is 21.9 Å². The van der Waals surface area contributed by atoms with E-state index in [2.05, 4.69) is 4.99 Å². The van der Waals surface area contributed by atoms with Gasteiger partial charge in [0, 0.05) is 23.6 Å². The van der Waals surface area contributed by atoms with Gasteiger partial charge in [0.2, 0.25) is 10.0 Å². The number of nitrogens with zero attached hydrogens (tertiary/aromatic N) is 3. The summed E-state index contributed by atoms with van der Waals surface area (Å²) in [6.45, 7) is 2.23. The molecule has 0 N–H and O–H groups in total. The second-order valence-corrected chi connectivity index (χ2v) is 11.0. The molecule has 158 valence electrons. The van der Waals surface area contributed by atoms with E-state index in [1.807, 2.05) is 30.7 Å². The molecule has 2 aromatic carbocycles. The average Bonchev–Trinajstić information content (AvgIpc) is 3.28. The van der Waals surface area contributed by atoms with Crippen LogP contribution in [-0.4, -0.2) is 35.8 Å². The van der Waals surface area contributed by atoms with Crippen molar-refractivity contribution in [2.75, 3.05) is 6.54 Å². The number of amides is 1. The minimum Gasteiger partial charge on any atom is -0.319 e. The quantitative estimate of drug-likeness (QED) is 0.561. The maximum atomic E-state index is 13.1. The summed E-state index contributed by atoms with van der Waals surface area (Å²) in [5.41, 5.74) is 1.94. The van der Waals surface area contributed by atoms with Crippen molar-refractivity contribution in [3.8, 4) is 0 Å². The van der Waals surface area contributed by atoms with Crippen LogP contribution < -0.4 is 4.80 Å². The lowest BCUT2D eigenvalue weighted by molar-refractivity contribution is -0.121. The molecule has 1 aromatic heterocycles. The zero-order valence-corrected chi connectivity index (χ0v) is 19.4. The molecule has 1 amide bonds. The van der Waals surface area contributed by atoms with E-state index in [4.69, 9.17) is 23.2 Å². The third-order valence-electron chi connectivity index (χ3n) is 5.17. The van der Waals surface area contributed by atoms with Gasteiger partial charge < -0.3 is 4.57 Å². The van der Waals surface area contributed by atoms with Crippen molar-refractivity contribution in [3.63, 3.8) is 0 Å². The number of aryl methyl sites for hydroxylation is 2. The van der Waals surface area contributed by atoms with Crippen LogP contribution in [0.15, 0.2) is 46.3 Å². The number of rotatable bonds is 3. The van der Waals surface area contributed by atoms with Crippen LogP contribution in [0, 0.1) is 6.92 Å². The number of carbonyl (C=O) groups is 1. The summed E-state index contributed by atoms with van der Waals surface area (Å²) in [5, 5.41) is 1.07. The number of carbonyl (C=O) groups excluding carboxylic acids is 1. The Morgan fingerprint density at radius 2 is 1.87 bits per heavy atom. The van der Waals surface area contributed by atoms with Crippen molar-refractivity contribution in [1.29, 1.82) is 0 Å². The van der Waals surface area contributed by atoms with Gasteiger partial charge in [-0.15, -0.1) is 0 Å². The first-order chi connectivity index (χ1) is 14.2. The monoisotopic (exact) mass is 483 g/mol. The van der Waals surface area contributed by atoms with Crippen LogP contribution in [0.1, 0.15) is 18.4 Å². The Morgan fingerprint density at radius 3 is 2.57 bits per heavy atom. The highest BCUT2D eigenvalue weighted by molar-refractivity contribution is 7.89. The van der Waals surface area contributed by atoms with E-state index in [1.165, 1.54) is 39.9 Å². The minimum atomic E-state index is -3.82. The van der Waals surface area contributed by atoms with Crippen LogP contribution in [0.3, 0.4) is 0 Å². The number of hydrogen-bond donors (Lipinski definition) is 0. The molecule has 1 saturated heterocycles. The predicted molar refractivity (Wildman–Crippen MR) is 119 cm³/mol. The second kappa shape index (κ2) is 8.09. The zero-order chi connectivity index (χ0) is 21.6. The Morgan fingerprint density at radius 1 is 1.17 bits per heavy atom. The molecule has 0 saturated carbocycles. The van der Waals surface area contributed by atoms with E-state index >= 15 is 0 Å². The molecule has 2 heterocycles. The van der Waals surface area contributed by atoms with Crippen LogP contribution in [0.5, 0.6) is 0 Å². The lowest BCUT2D eigenvalue weighted by Crippen LogP contribution is -2.40. The highest BCUT2D eigenvalue weighted by Gasteiger charge is 2.39. The summed E-state index contributed by atoms with van der Waals surface area (Å²) in [4.78, 5) is 17.9. The first-order valence-electron chi connectivity index (χ1n) is 9.30. The number of sulfonamides is 1. The van der Waals surface area contributed by atoms with Crippen molar-refractivity contribution in [2.24, 2.45) is 12.0 Å². The van der Waals surface area contributed by atoms with E-state index in [-0.39, 0.29) is 11.4 Å². The van der Waals surface area contributed by atoms with Gasteiger partial charge in [-0.1, -0.05) is 34.5 Å². The van der Waals surface area contributed by atoms with E-state index in [0.717, 1.165) is 15.8 Å². The SMILES string of the molecule is Cc1cc(Cl)cc2sc(=NC(=O)C3CCCN3S(=O)(=O)c3ccc(Cl)cc3)n(C)c12. The van der Waals surface area contributed by atoms with Crippen LogP contribution in [0.4, 0.5) is 0 Å². The van der Waals surface area contributed by atoms with Crippen molar-refractivity contribution >= 4 is 60.7 Å². The first kappa shape index (κ1) is 21.5. The van der Waals surface area contributed by atoms with Gasteiger partial charge in [-0.2, -0.15) is 9.30 Å². The molecule has 1 atom stereocenters. The predicted octanol–water partition coefficient (Wildman–Crippen LogP) is 4.14. The molecule has 3 aromatic rings. The van der Waals surface area contributed by atoms with Gasteiger partial charge >= 0.3 is 0 Å². The van der Waals surface area contributed by atoms with E-state index in [0.29, 0.717) is 27.7 Å². The highest BCUT2D eigenvalue weighted by Crippen LogP contribution is 2.28. The van der Waals surface area contributed by atoms with Crippen molar-refractivity contribution < 1.29 is 13.2 Å². The number of thiazole rings is 1. The lowest BCUT2D eigenvalue weighted by Gasteiger charge is -2.21. The summed E-state index contributed by atoms with van der Waals surface area (Å²) in [6, 6.07) is 8.83. The molecule has 4 rings (SSSR count). The fourth-order valence-corrected chi connectivity index (χ4v) is 7.01. The van der Waals surface area contributed by atoms with Gasteiger partial charge in [0.15, 0.2) is 4.80 Å². The van der Waals surface area contributed by atoms with Gasteiger partial charge in [-0.25, -0.2) is 8.42 Å². The Kier molecular flexibility index (Phi) is 5.80. The average molecular weight is 484 g/mol. The molecule has 30 heavy (non-hydrogen) atoms. The zero-order valence-electron chi connectivity index (χ0n) is 16.3. The molecule has 0 spiro atoms. The number of benzene rings is 2. The Hall–Kier alpha value is -1.71. The van der Waals surface area contributed by atoms with Gasteiger partial charge in [0.05, 0.1) is 15.1 Å². The summed E-state index contributed by atoms with van der Waals surface area (Å²) in [6.07, 6.45) is 1.04. The molecule has 1 unspecified atom stereocenters. The number of hydrogen-bond acceptors (Lipinski definition) is 4. The summed E-state index contributed by atoms with van der Waals surface area (Å²) in [7, 11) is -1.98. The van der Waals surface area contributed by atoms with Crippen molar-refractivity contribution in [3.05, 3.63) is 56.8 Å². The Labute approximate surface area is 188 Å². The van der Waals surface area contributed by atoms with Crippen molar-refractivity contribution in [2.45, 2.75) is 30.7 Å². The molecule has 1 aliphatic heterocycles. The summed E-state index contributed by atoms with van der Waals surface area (Å²) < 4.78 is 30.2. The fraction of sp³-hybridized carbons (Fsp3) is 0.300. The Bertz CT molecular complexity index is 1310. The number of aromatic nitrogens is 1. The van der Waals surface area contributed by atoms with Crippen molar-refractivity contribution in [1.82, 2.24) is 8.87 Å². The lowest BCUT2D eigenvalue weighted by atomic mass is 10.2. The molecule has 0 aliphatic carbocycles. The van der Waals surface area contributed by atoms with Gasteiger partial charge in [-0.3, -0.25) is 4.79 Å². The fourth-order valence-electron chi connectivity index (χ4n) is 3.76. The topological polar surface area (TPSA) is 71.7 Å². The third kappa shape index (κ3) is 3.83. The van der Waals surface area contributed by atoms with Crippen LogP contribution >= 0.6 is 34.5 Å². The Balaban J connectivity index is 1.71. The minimum absolute atomic E-state index is 0.115. The first-order valence-corrected chi connectivity index (χ1v) is 12.3. The maximum absolute atomic E-state index is 13.1.